The topological polar surface area (TPSA) is 41.5 Å². The van der Waals surface area contributed by atoms with Crippen LogP contribution in [0.1, 0.15) is 24.8 Å². The molecule has 0 unspecified atom stereocenters. The van der Waals surface area contributed by atoms with Crippen LogP contribution in [0.2, 0.25) is 5.02 Å². The van der Waals surface area contributed by atoms with E-state index in [0.717, 1.165) is 24.8 Å². The maximum Gasteiger partial charge on any atom is 0.126 e. The number of hydrogen-bond donors (Lipinski definition) is 2. The number of rotatable bonds is 5. The number of halogens is 2. The van der Waals surface area contributed by atoms with Gasteiger partial charge in [0.15, 0.2) is 0 Å². The molecule has 5 heteroatoms. The van der Waals surface area contributed by atoms with Crippen molar-refractivity contribution in [1.82, 2.24) is 5.32 Å². The van der Waals surface area contributed by atoms with Gasteiger partial charge in [-0.1, -0.05) is 29.8 Å². The van der Waals surface area contributed by atoms with Crippen LogP contribution in [-0.2, 0) is 6.54 Å². The molecule has 1 fully saturated rings. The number of aliphatic hydroxyl groups excluding tert-OH is 1. The van der Waals surface area contributed by atoms with Gasteiger partial charge in [0.05, 0.1) is 0 Å². The van der Waals surface area contributed by atoms with Gasteiger partial charge in [-0.05, 0) is 49.1 Å². The molecule has 3 nitrogen and oxygen atoms in total. The zero-order valence-electron chi connectivity index (χ0n) is 13.3. The van der Waals surface area contributed by atoms with Crippen LogP contribution in [0.25, 0.3) is 0 Å². The molecule has 3 atom stereocenters. The monoisotopic (exact) mass is 349 g/mol. The molecule has 0 aliphatic heterocycles. The van der Waals surface area contributed by atoms with Gasteiger partial charge in [-0.2, -0.15) is 0 Å². The Morgan fingerprint density at radius 2 is 1.96 bits per heavy atom. The van der Waals surface area contributed by atoms with Crippen molar-refractivity contribution in [2.75, 3.05) is 0 Å². The van der Waals surface area contributed by atoms with E-state index in [1.807, 2.05) is 24.3 Å². The zero-order chi connectivity index (χ0) is 16.9. The predicted octanol–water partition coefficient (Wildman–Crippen LogP) is 3.93. The SMILES string of the molecule is O[C@@H]1[C@@H](NCc2ccc(Cl)cc2)CCC[C@H]1Oc1cccc(F)c1. The van der Waals surface area contributed by atoms with Crippen LogP contribution in [0, 0.1) is 5.82 Å². The molecule has 0 bridgehead atoms. The summed E-state index contributed by atoms with van der Waals surface area (Å²) in [6, 6.07) is 13.6. The molecule has 1 saturated carbocycles. The maximum absolute atomic E-state index is 13.3. The van der Waals surface area contributed by atoms with Crippen molar-refractivity contribution in [3.63, 3.8) is 0 Å². The minimum absolute atomic E-state index is 0.0482. The Bertz CT molecular complexity index is 665. The summed E-state index contributed by atoms with van der Waals surface area (Å²) in [6.07, 6.45) is 1.64. The van der Waals surface area contributed by atoms with Gasteiger partial charge in [-0.3, -0.25) is 0 Å². The zero-order valence-corrected chi connectivity index (χ0v) is 14.0. The minimum Gasteiger partial charge on any atom is -0.488 e. The molecule has 0 saturated heterocycles. The Labute approximate surface area is 146 Å². The maximum atomic E-state index is 13.3. The fourth-order valence-corrected chi connectivity index (χ4v) is 3.18. The molecule has 2 N–H and O–H groups in total. The molecule has 1 aliphatic rings. The van der Waals surface area contributed by atoms with E-state index < -0.39 is 6.10 Å². The van der Waals surface area contributed by atoms with E-state index in [9.17, 15) is 9.50 Å². The summed E-state index contributed by atoms with van der Waals surface area (Å²) in [4.78, 5) is 0. The summed E-state index contributed by atoms with van der Waals surface area (Å²) in [5.41, 5.74) is 1.11. The van der Waals surface area contributed by atoms with Gasteiger partial charge in [0.2, 0.25) is 0 Å². The standard InChI is InChI=1S/C19H21ClFNO2/c20-14-9-7-13(8-10-14)12-22-17-5-2-6-18(19(17)23)24-16-4-1-3-15(21)11-16/h1,3-4,7-11,17-19,22-23H,2,5-6,12H2/t17-,18+,19+/m0/s1. The first-order chi connectivity index (χ1) is 11.6. The molecular formula is C19H21ClFNO2. The molecule has 0 aromatic heterocycles. The third-order valence-electron chi connectivity index (χ3n) is 4.36. The number of ether oxygens (including phenoxy) is 1. The first-order valence-electron chi connectivity index (χ1n) is 8.20. The first-order valence-corrected chi connectivity index (χ1v) is 8.58. The smallest absolute Gasteiger partial charge is 0.126 e. The molecular weight excluding hydrogens is 329 g/mol. The average Bonchev–Trinajstić information content (AvgIpc) is 2.57. The van der Waals surface area contributed by atoms with Crippen molar-refractivity contribution in [1.29, 1.82) is 0 Å². The van der Waals surface area contributed by atoms with E-state index in [4.69, 9.17) is 16.3 Å². The molecule has 3 rings (SSSR count). The molecule has 2 aromatic carbocycles. The Hall–Kier alpha value is -1.62. The van der Waals surface area contributed by atoms with E-state index in [1.165, 1.54) is 12.1 Å². The highest BCUT2D eigenvalue weighted by Gasteiger charge is 2.33. The predicted molar refractivity (Wildman–Crippen MR) is 92.8 cm³/mol. The largest absolute Gasteiger partial charge is 0.488 e. The third kappa shape index (κ3) is 4.47. The van der Waals surface area contributed by atoms with Gasteiger partial charge in [0.25, 0.3) is 0 Å². The van der Waals surface area contributed by atoms with E-state index in [1.54, 1.807) is 12.1 Å². The lowest BCUT2D eigenvalue weighted by atomic mass is 9.89. The summed E-state index contributed by atoms with van der Waals surface area (Å²) >= 11 is 5.89. The summed E-state index contributed by atoms with van der Waals surface area (Å²) in [6.45, 7) is 0.658. The van der Waals surface area contributed by atoms with Crippen molar-refractivity contribution in [2.24, 2.45) is 0 Å². The van der Waals surface area contributed by atoms with Gasteiger partial charge < -0.3 is 15.2 Å². The van der Waals surface area contributed by atoms with Crippen LogP contribution >= 0.6 is 11.6 Å². The number of aliphatic hydroxyl groups is 1. The fourth-order valence-electron chi connectivity index (χ4n) is 3.06. The molecule has 0 heterocycles. The summed E-state index contributed by atoms with van der Waals surface area (Å²) in [5, 5.41) is 14.7. The lowest BCUT2D eigenvalue weighted by molar-refractivity contribution is -0.0158. The van der Waals surface area contributed by atoms with Gasteiger partial charge in [-0.25, -0.2) is 4.39 Å². The van der Waals surface area contributed by atoms with Crippen molar-refractivity contribution in [2.45, 2.75) is 44.1 Å². The molecule has 0 amide bonds. The second kappa shape index (κ2) is 7.97. The second-order valence-electron chi connectivity index (χ2n) is 6.15. The molecule has 1 aliphatic carbocycles. The quantitative estimate of drug-likeness (QED) is 0.859. The molecule has 24 heavy (non-hydrogen) atoms. The Morgan fingerprint density at radius 3 is 2.71 bits per heavy atom. The highest BCUT2D eigenvalue weighted by molar-refractivity contribution is 6.30. The lowest BCUT2D eigenvalue weighted by Crippen LogP contribution is -2.50. The van der Waals surface area contributed by atoms with Crippen molar-refractivity contribution in [3.05, 3.63) is 64.9 Å². The van der Waals surface area contributed by atoms with Gasteiger partial charge in [0, 0.05) is 23.7 Å². The fraction of sp³-hybridized carbons (Fsp3) is 0.368. The van der Waals surface area contributed by atoms with Gasteiger partial charge in [0.1, 0.15) is 23.8 Å². The second-order valence-corrected chi connectivity index (χ2v) is 6.59. The number of hydrogen-bond acceptors (Lipinski definition) is 3. The van der Waals surface area contributed by atoms with Crippen LogP contribution in [-0.4, -0.2) is 23.4 Å². The van der Waals surface area contributed by atoms with E-state index in [2.05, 4.69) is 5.32 Å². The summed E-state index contributed by atoms with van der Waals surface area (Å²) < 4.78 is 19.1. The van der Waals surface area contributed by atoms with Crippen LogP contribution in [0.3, 0.4) is 0 Å². The highest BCUT2D eigenvalue weighted by atomic mass is 35.5. The van der Waals surface area contributed by atoms with Crippen LogP contribution in [0.15, 0.2) is 48.5 Å². The van der Waals surface area contributed by atoms with E-state index >= 15 is 0 Å². The first kappa shape index (κ1) is 17.2. The van der Waals surface area contributed by atoms with Crippen LogP contribution in [0.4, 0.5) is 4.39 Å². The molecule has 0 radical (unpaired) electrons. The van der Waals surface area contributed by atoms with Crippen LogP contribution < -0.4 is 10.1 Å². The highest BCUT2D eigenvalue weighted by Crippen LogP contribution is 2.25. The number of nitrogens with one attached hydrogen (secondary N) is 1. The molecule has 2 aromatic rings. The normalized spacial score (nSPS) is 23.9. The molecule has 0 spiro atoms. The van der Waals surface area contributed by atoms with Gasteiger partial charge in [-0.15, -0.1) is 0 Å². The van der Waals surface area contributed by atoms with Crippen molar-refractivity contribution >= 4 is 11.6 Å². The lowest BCUT2D eigenvalue weighted by Gasteiger charge is -2.35. The Balaban J connectivity index is 1.58. The Kier molecular flexibility index (Phi) is 5.72. The van der Waals surface area contributed by atoms with Crippen molar-refractivity contribution in [3.8, 4) is 5.75 Å². The summed E-state index contributed by atoms with van der Waals surface area (Å²) in [5.74, 6) is 0.118. The third-order valence-corrected chi connectivity index (χ3v) is 4.61. The van der Waals surface area contributed by atoms with Crippen LogP contribution in [0.5, 0.6) is 5.75 Å². The van der Waals surface area contributed by atoms with E-state index in [0.29, 0.717) is 17.3 Å². The average molecular weight is 350 g/mol. The molecule has 128 valence electrons. The minimum atomic E-state index is -0.630. The summed E-state index contributed by atoms with van der Waals surface area (Å²) in [7, 11) is 0. The van der Waals surface area contributed by atoms with Crippen molar-refractivity contribution < 1.29 is 14.2 Å². The number of benzene rings is 2. The van der Waals surface area contributed by atoms with Gasteiger partial charge >= 0.3 is 0 Å². The van der Waals surface area contributed by atoms with E-state index in [-0.39, 0.29) is 18.0 Å². The Morgan fingerprint density at radius 1 is 1.17 bits per heavy atom.